The third kappa shape index (κ3) is 3.81. The Hall–Kier alpha value is -0.520. The molecule has 0 N–H and O–H groups in total. The normalized spacial score (nSPS) is 21.2. The summed E-state index contributed by atoms with van der Waals surface area (Å²) in [6, 6.07) is 0. The Morgan fingerprint density at radius 3 is 2.56 bits per heavy atom. The van der Waals surface area contributed by atoms with Gasteiger partial charge in [0.05, 0.1) is 0 Å². The van der Waals surface area contributed by atoms with Crippen molar-refractivity contribution < 1.29 is 0 Å². The van der Waals surface area contributed by atoms with Gasteiger partial charge in [0.1, 0.15) is 0 Å². The molecule has 0 bridgehead atoms. The van der Waals surface area contributed by atoms with Crippen LogP contribution in [0, 0.1) is 5.92 Å². The highest BCUT2D eigenvalue weighted by molar-refractivity contribution is 5.37. The summed E-state index contributed by atoms with van der Waals surface area (Å²) in [7, 11) is 0. The summed E-state index contributed by atoms with van der Waals surface area (Å²) in [5.41, 5.74) is 4.98. The molecule has 0 saturated carbocycles. The van der Waals surface area contributed by atoms with Gasteiger partial charge in [0.15, 0.2) is 0 Å². The van der Waals surface area contributed by atoms with Crippen LogP contribution in [0.4, 0.5) is 0 Å². The molecule has 0 saturated heterocycles. The monoisotopic (exact) mass is 220 g/mol. The summed E-state index contributed by atoms with van der Waals surface area (Å²) >= 11 is 0. The van der Waals surface area contributed by atoms with Gasteiger partial charge in [0.25, 0.3) is 0 Å². The van der Waals surface area contributed by atoms with Crippen molar-refractivity contribution in [2.45, 2.75) is 72.6 Å². The lowest BCUT2D eigenvalue weighted by atomic mass is 9.83. The Morgan fingerprint density at radius 2 is 1.94 bits per heavy atom. The first-order chi connectivity index (χ1) is 7.69. The Kier molecular flexibility index (Phi) is 5.87. The summed E-state index contributed by atoms with van der Waals surface area (Å²) in [4.78, 5) is 0. The van der Waals surface area contributed by atoms with E-state index in [1.165, 1.54) is 44.9 Å². The van der Waals surface area contributed by atoms with E-state index in [0.717, 1.165) is 5.92 Å². The second-order valence-electron chi connectivity index (χ2n) is 5.28. The van der Waals surface area contributed by atoms with Crippen LogP contribution in [0.5, 0.6) is 0 Å². The lowest BCUT2D eigenvalue weighted by molar-refractivity contribution is 0.633. The predicted octanol–water partition coefficient (Wildman–Crippen LogP) is 5.65. The highest BCUT2D eigenvalue weighted by atomic mass is 14.2. The van der Waals surface area contributed by atoms with Crippen LogP contribution in [0.2, 0.25) is 0 Å². The van der Waals surface area contributed by atoms with E-state index in [1.54, 1.807) is 16.7 Å². The molecule has 1 aliphatic rings. The van der Waals surface area contributed by atoms with Crippen molar-refractivity contribution >= 4 is 0 Å². The maximum absolute atomic E-state index is 2.47. The molecule has 1 rings (SSSR count). The Labute approximate surface area is 102 Å². The molecule has 0 aliphatic heterocycles. The fraction of sp³-hybridized carbons (Fsp3) is 0.750. The van der Waals surface area contributed by atoms with Crippen LogP contribution < -0.4 is 0 Å². The molecule has 1 aliphatic carbocycles. The molecule has 16 heavy (non-hydrogen) atoms. The van der Waals surface area contributed by atoms with E-state index in [9.17, 15) is 0 Å². The summed E-state index contributed by atoms with van der Waals surface area (Å²) in [5, 5.41) is 0. The summed E-state index contributed by atoms with van der Waals surface area (Å²) in [5.74, 6) is 0.759. The van der Waals surface area contributed by atoms with Crippen LogP contribution >= 0.6 is 0 Å². The minimum Gasteiger partial charge on any atom is -0.0782 e. The zero-order valence-corrected chi connectivity index (χ0v) is 11.6. The topological polar surface area (TPSA) is 0 Å². The number of hydrogen-bond donors (Lipinski definition) is 0. The van der Waals surface area contributed by atoms with Crippen LogP contribution in [-0.2, 0) is 0 Å². The van der Waals surface area contributed by atoms with Gasteiger partial charge in [-0.15, -0.1) is 0 Å². The first kappa shape index (κ1) is 13.5. The minimum absolute atomic E-state index is 0.759. The second-order valence-corrected chi connectivity index (χ2v) is 5.28. The molecule has 0 radical (unpaired) electrons. The molecule has 0 heteroatoms. The molecule has 0 aromatic rings. The van der Waals surface area contributed by atoms with Gasteiger partial charge < -0.3 is 0 Å². The maximum Gasteiger partial charge on any atom is -0.0219 e. The van der Waals surface area contributed by atoms with Crippen molar-refractivity contribution in [1.29, 1.82) is 0 Å². The van der Waals surface area contributed by atoms with Gasteiger partial charge in [-0.25, -0.2) is 0 Å². The SMILES string of the molecule is CCCCCCC1=C(CC)CC(C)C=C1C. The van der Waals surface area contributed by atoms with Gasteiger partial charge in [-0.05, 0) is 44.1 Å². The number of rotatable bonds is 6. The largest absolute Gasteiger partial charge is 0.0782 e. The molecule has 1 atom stereocenters. The summed E-state index contributed by atoms with van der Waals surface area (Å²) < 4.78 is 0. The molecule has 0 fully saturated rings. The first-order valence-electron chi connectivity index (χ1n) is 7.08. The smallest absolute Gasteiger partial charge is 0.0219 e. The van der Waals surface area contributed by atoms with E-state index in [-0.39, 0.29) is 0 Å². The van der Waals surface area contributed by atoms with Gasteiger partial charge in [-0.2, -0.15) is 0 Å². The van der Waals surface area contributed by atoms with Crippen molar-refractivity contribution in [2.75, 3.05) is 0 Å². The summed E-state index contributed by atoms with van der Waals surface area (Å²) in [6.07, 6.45) is 11.9. The van der Waals surface area contributed by atoms with E-state index < -0.39 is 0 Å². The van der Waals surface area contributed by atoms with Crippen molar-refractivity contribution in [3.63, 3.8) is 0 Å². The Bertz CT molecular complexity index is 268. The zero-order chi connectivity index (χ0) is 12.0. The van der Waals surface area contributed by atoms with Crippen molar-refractivity contribution in [1.82, 2.24) is 0 Å². The lowest BCUT2D eigenvalue weighted by Gasteiger charge is -2.23. The van der Waals surface area contributed by atoms with Crippen molar-refractivity contribution in [2.24, 2.45) is 5.92 Å². The molecule has 0 nitrogen and oxygen atoms in total. The van der Waals surface area contributed by atoms with Gasteiger partial charge in [-0.3, -0.25) is 0 Å². The molecule has 0 aromatic carbocycles. The van der Waals surface area contributed by atoms with E-state index in [1.807, 2.05) is 0 Å². The van der Waals surface area contributed by atoms with Crippen molar-refractivity contribution in [3.05, 3.63) is 22.8 Å². The minimum atomic E-state index is 0.759. The highest BCUT2D eigenvalue weighted by Gasteiger charge is 2.15. The van der Waals surface area contributed by atoms with Gasteiger partial charge in [-0.1, -0.05) is 57.3 Å². The van der Waals surface area contributed by atoms with Crippen LogP contribution in [0.1, 0.15) is 72.6 Å². The highest BCUT2D eigenvalue weighted by Crippen LogP contribution is 2.33. The lowest BCUT2D eigenvalue weighted by Crippen LogP contribution is -2.06. The molecule has 1 unspecified atom stereocenters. The maximum atomic E-state index is 2.47. The fourth-order valence-electron chi connectivity index (χ4n) is 2.84. The fourth-order valence-corrected chi connectivity index (χ4v) is 2.84. The van der Waals surface area contributed by atoms with Gasteiger partial charge >= 0.3 is 0 Å². The number of unbranched alkanes of at least 4 members (excludes halogenated alkanes) is 3. The third-order valence-electron chi connectivity index (χ3n) is 3.71. The summed E-state index contributed by atoms with van der Waals surface area (Å²) in [6.45, 7) is 9.24. The van der Waals surface area contributed by atoms with Gasteiger partial charge in [0, 0.05) is 0 Å². The quantitative estimate of drug-likeness (QED) is 0.507. The average Bonchev–Trinajstić information content (AvgIpc) is 2.26. The predicted molar refractivity (Wildman–Crippen MR) is 73.6 cm³/mol. The number of allylic oxidation sites excluding steroid dienone is 4. The Balaban J connectivity index is 2.56. The van der Waals surface area contributed by atoms with Crippen LogP contribution in [0.25, 0.3) is 0 Å². The van der Waals surface area contributed by atoms with Gasteiger partial charge in [0.2, 0.25) is 0 Å². The average molecular weight is 220 g/mol. The molecule has 0 amide bonds. The molecular weight excluding hydrogens is 192 g/mol. The zero-order valence-electron chi connectivity index (χ0n) is 11.6. The van der Waals surface area contributed by atoms with E-state index in [4.69, 9.17) is 0 Å². The Morgan fingerprint density at radius 1 is 1.19 bits per heavy atom. The molecule has 0 spiro atoms. The van der Waals surface area contributed by atoms with Crippen LogP contribution in [0.3, 0.4) is 0 Å². The van der Waals surface area contributed by atoms with E-state index in [2.05, 4.69) is 33.8 Å². The van der Waals surface area contributed by atoms with Crippen LogP contribution in [-0.4, -0.2) is 0 Å². The van der Waals surface area contributed by atoms with E-state index >= 15 is 0 Å². The standard InChI is InChI=1S/C16H28/c1-5-7-8-9-10-16-14(4)11-13(3)12-15(16)6-2/h11,13H,5-10,12H2,1-4H3. The third-order valence-corrected chi connectivity index (χ3v) is 3.71. The second kappa shape index (κ2) is 6.93. The number of hydrogen-bond acceptors (Lipinski definition) is 0. The molecule has 92 valence electrons. The van der Waals surface area contributed by atoms with Crippen LogP contribution in [0.15, 0.2) is 22.8 Å². The molecule has 0 heterocycles. The van der Waals surface area contributed by atoms with Crippen molar-refractivity contribution in [3.8, 4) is 0 Å². The molecular formula is C16H28. The molecule has 0 aromatic heterocycles. The first-order valence-corrected chi connectivity index (χ1v) is 7.08. The van der Waals surface area contributed by atoms with E-state index in [0.29, 0.717) is 0 Å².